The maximum absolute atomic E-state index is 3.67. The molecule has 1 heterocycles. The summed E-state index contributed by atoms with van der Waals surface area (Å²) in [7, 11) is 0. The van der Waals surface area contributed by atoms with Crippen LogP contribution in [0.3, 0.4) is 0 Å². The van der Waals surface area contributed by atoms with Gasteiger partial charge >= 0.3 is 0 Å². The van der Waals surface area contributed by atoms with Crippen molar-refractivity contribution >= 4 is 0 Å². The van der Waals surface area contributed by atoms with E-state index in [1.54, 1.807) is 5.56 Å². The molecule has 0 saturated heterocycles. The van der Waals surface area contributed by atoms with E-state index in [-0.39, 0.29) is 0 Å². The van der Waals surface area contributed by atoms with Gasteiger partial charge in [-0.1, -0.05) is 42.5 Å². The summed E-state index contributed by atoms with van der Waals surface area (Å²) in [5.74, 6) is 0. The van der Waals surface area contributed by atoms with Crippen LogP contribution in [0.25, 0.3) is 0 Å². The van der Waals surface area contributed by atoms with Gasteiger partial charge in [0.15, 0.2) is 0 Å². The number of aryl methyl sites for hydroxylation is 1. The van der Waals surface area contributed by atoms with Crippen LogP contribution in [-0.2, 0) is 19.4 Å². The minimum absolute atomic E-state index is 0.565. The first-order chi connectivity index (χ1) is 9.24. The number of hydrogen-bond donors (Lipinski definition) is 1. The third-order valence-corrected chi connectivity index (χ3v) is 4.32. The molecule has 98 valence electrons. The number of nitrogens with one attached hydrogen (secondary N) is 1. The van der Waals surface area contributed by atoms with Crippen molar-refractivity contribution in [3.05, 3.63) is 70.3 Å². The van der Waals surface area contributed by atoms with Crippen LogP contribution < -0.4 is 5.32 Å². The van der Waals surface area contributed by atoms with Gasteiger partial charge < -0.3 is 5.32 Å². The highest BCUT2D eigenvalue weighted by molar-refractivity contribution is 5.41. The molecular weight excluding hydrogens is 230 g/mol. The van der Waals surface area contributed by atoms with Gasteiger partial charge in [0.05, 0.1) is 0 Å². The quantitative estimate of drug-likeness (QED) is 0.860. The summed E-state index contributed by atoms with van der Waals surface area (Å²) in [4.78, 5) is 0. The van der Waals surface area contributed by atoms with E-state index in [0.29, 0.717) is 6.04 Å². The summed E-state index contributed by atoms with van der Waals surface area (Å²) < 4.78 is 0. The van der Waals surface area contributed by atoms with Gasteiger partial charge in [-0.25, -0.2) is 0 Å². The molecule has 2 aromatic carbocycles. The lowest BCUT2D eigenvalue weighted by atomic mass is 9.87. The third kappa shape index (κ3) is 2.57. The van der Waals surface area contributed by atoms with Crippen LogP contribution >= 0.6 is 0 Å². The molecule has 0 aliphatic carbocycles. The summed E-state index contributed by atoms with van der Waals surface area (Å²) in [6.07, 6.45) is 2.27. The van der Waals surface area contributed by atoms with E-state index in [4.69, 9.17) is 0 Å². The molecule has 1 N–H and O–H groups in total. The zero-order chi connectivity index (χ0) is 13.2. The highest BCUT2D eigenvalue weighted by Crippen LogP contribution is 2.24. The van der Waals surface area contributed by atoms with E-state index in [1.807, 2.05) is 0 Å². The predicted octanol–water partition coefficient (Wildman–Crippen LogP) is 3.56. The van der Waals surface area contributed by atoms with Crippen LogP contribution in [-0.4, -0.2) is 6.04 Å². The monoisotopic (exact) mass is 251 g/mol. The number of benzene rings is 2. The summed E-state index contributed by atoms with van der Waals surface area (Å²) in [5.41, 5.74) is 7.37. The normalized spacial score (nSPS) is 18.1. The van der Waals surface area contributed by atoms with Crippen LogP contribution in [0.15, 0.2) is 42.5 Å². The Balaban J connectivity index is 1.80. The third-order valence-electron chi connectivity index (χ3n) is 4.32. The molecule has 0 amide bonds. The molecule has 0 spiro atoms. The van der Waals surface area contributed by atoms with Crippen LogP contribution in [0.5, 0.6) is 0 Å². The summed E-state index contributed by atoms with van der Waals surface area (Å²) in [5, 5.41) is 3.67. The van der Waals surface area contributed by atoms with Gasteiger partial charge in [-0.2, -0.15) is 0 Å². The van der Waals surface area contributed by atoms with E-state index in [2.05, 4.69) is 61.6 Å². The van der Waals surface area contributed by atoms with Crippen LogP contribution in [0, 0.1) is 13.8 Å². The first-order valence-electron chi connectivity index (χ1n) is 7.09. The molecule has 1 heteroatoms. The van der Waals surface area contributed by atoms with Gasteiger partial charge in [-0.05, 0) is 54.5 Å². The van der Waals surface area contributed by atoms with E-state index in [1.165, 1.54) is 22.3 Å². The lowest BCUT2D eigenvalue weighted by Crippen LogP contribution is -2.37. The Hall–Kier alpha value is -1.60. The highest BCUT2D eigenvalue weighted by atomic mass is 14.9. The molecular formula is C18H21N. The summed E-state index contributed by atoms with van der Waals surface area (Å²) >= 11 is 0. The van der Waals surface area contributed by atoms with Crippen molar-refractivity contribution in [2.45, 2.75) is 39.3 Å². The second-order valence-corrected chi connectivity index (χ2v) is 5.62. The lowest BCUT2D eigenvalue weighted by molar-refractivity contribution is 0.475. The Morgan fingerprint density at radius 1 is 1.05 bits per heavy atom. The van der Waals surface area contributed by atoms with Crippen molar-refractivity contribution in [3.8, 4) is 0 Å². The van der Waals surface area contributed by atoms with E-state index in [9.17, 15) is 0 Å². The Bertz CT molecular complexity index is 572. The molecule has 3 rings (SSSR count). The molecule has 0 bridgehead atoms. The Morgan fingerprint density at radius 3 is 2.63 bits per heavy atom. The molecule has 1 aliphatic rings. The minimum atomic E-state index is 0.565. The van der Waals surface area contributed by atoms with Crippen LogP contribution in [0.1, 0.15) is 27.8 Å². The van der Waals surface area contributed by atoms with Crippen LogP contribution in [0.2, 0.25) is 0 Å². The standard InChI is InChI=1S/C18H21N/c1-13-8-9-16-12-19-17(11-18(16)14(13)2)10-15-6-4-3-5-7-15/h3-9,17,19H,10-12H2,1-2H3. The highest BCUT2D eigenvalue weighted by Gasteiger charge is 2.20. The Labute approximate surface area is 115 Å². The zero-order valence-corrected chi connectivity index (χ0v) is 11.7. The number of rotatable bonds is 2. The zero-order valence-electron chi connectivity index (χ0n) is 11.7. The van der Waals surface area contributed by atoms with Gasteiger partial charge in [0, 0.05) is 12.6 Å². The van der Waals surface area contributed by atoms with Crippen molar-refractivity contribution < 1.29 is 0 Å². The smallest absolute Gasteiger partial charge is 0.0211 e. The molecule has 2 aromatic rings. The molecule has 19 heavy (non-hydrogen) atoms. The second-order valence-electron chi connectivity index (χ2n) is 5.62. The SMILES string of the molecule is Cc1ccc2c(c1C)CC(Cc1ccccc1)NC2. The van der Waals surface area contributed by atoms with Gasteiger partial charge in [0.1, 0.15) is 0 Å². The van der Waals surface area contributed by atoms with Crippen molar-refractivity contribution in [2.75, 3.05) is 0 Å². The molecule has 0 saturated carbocycles. The average Bonchev–Trinajstić information content (AvgIpc) is 2.45. The van der Waals surface area contributed by atoms with E-state index in [0.717, 1.165) is 19.4 Å². The number of hydrogen-bond acceptors (Lipinski definition) is 1. The van der Waals surface area contributed by atoms with Crippen molar-refractivity contribution in [1.29, 1.82) is 0 Å². The molecule has 1 unspecified atom stereocenters. The Kier molecular flexibility index (Phi) is 3.39. The summed E-state index contributed by atoms with van der Waals surface area (Å²) in [6, 6.07) is 15.9. The predicted molar refractivity (Wildman–Crippen MR) is 80.4 cm³/mol. The van der Waals surface area contributed by atoms with Crippen molar-refractivity contribution in [1.82, 2.24) is 5.32 Å². The summed E-state index contributed by atoms with van der Waals surface area (Å²) in [6.45, 7) is 5.48. The van der Waals surface area contributed by atoms with Gasteiger partial charge in [-0.3, -0.25) is 0 Å². The average molecular weight is 251 g/mol. The fourth-order valence-electron chi connectivity index (χ4n) is 3.00. The molecule has 0 fully saturated rings. The first-order valence-corrected chi connectivity index (χ1v) is 7.09. The molecule has 0 aromatic heterocycles. The Morgan fingerprint density at radius 2 is 1.84 bits per heavy atom. The lowest BCUT2D eigenvalue weighted by Gasteiger charge is -2.28. The first kappa shape index (κ1) is 12.4. The van der Waals surface area contributed by atoms with E-state index < -0.39 is 0 Å². The fourth-order valence-corrected chi connectivity index (χ4v) is 3.00. The molecule has 1 atom stereocenters. The van der Waals surface area contributed by atoms with Crippen molar-refractivity contribution in [2.24, 2.45) is 0 Å². The topological polar surface area (TPSA) is 12.0 Å². The molecule has 1 nitrogen and oxygen atoms in total. The molecule has 0 radical (unpaired) electrons. The maximum atomic E-state index is 3.67. The second kappa shape index (κ2) is 5.18. The van der Waals surface area contributed by atoms with Gasteiger partial charge in [0.2, 0.25) is 0 Å². The minimum Gasteiger partial charge on any atom is -0.309 e. The number of fused-ring (bicyclic) bond motifs is 1. The van der Waals surface area contributed by atoms with Gasteiger partial charge in [0.25, 0.3) is 0 Å². The van der Waals surface area contributed by atoms with Crippen LogP contribution in [0.4, 0.5) is 0 Å². The largest absolute Gasteiger partial charge is 0.309 e. The van der Waals surface area contributed by atoms with Gasteiger partial charge in [-0.15, -0.1) is 0 Å². The van der Waals surface area contributed by atoms with Crippen molar-refractivity contribution in [3.63, 3.8) is 0 Å². The van der Waals surface area contributed by atoms with E-state index >= 15 is 0 Å². The maximum Gasteiger partial charge on any atom is 0.0211 e. The molecule has 1 aliphatic heterocycles. The fraction of sp³-hybridized carbons (Fsp3) is 0.333.